The number of nitrogens with zero attached hydrogens (tertiary/aromatic N) is 6. The third-order valence-corrected chi connectivity index (χ3v) is 6.11. The van der Waals surface area contributed by atoms with Crippen molar-refractivity contribution in [3.8, 4) is 17.0 Å². The number of rotatable bonds is 5. The minimum absolute atomic E-state index is 0.177. The smallest absolute Gasteiger partial charge is 0.225 e. The van der Waals surface area contributed by atoms with Gasteiger partial charge >= 0.3 is 0 Å². The van der Waals surface area contributed by atoms with Gasteiger partial charge in [0.2, 0.25) is 5.95 Å². The average Bonchev–Trinajstić information content (AvgIpc) is 3.04. The Morgan fingerprint density at radius 2 is 1.81 bits per heavy atom. The van der Waals surface area contributed by atoms with Crippen LogP contribution < -0.4 is 20.9 Å². The van der Waals surface area contributed by atoms with Crippen molar-refractivity contribution in [2.24, 2.45) is 0 Å². The summed E-state index contributed by atoms with van der Waals surface area (Å²) < 4.78 is 0. The van der Waals surface area contributed by atoms with E-state index in [0.29, 0.717) is 29.2 Å². The summed E-state index contributed by atoms with van der Waals surface area (Å²) in [5, 5.41) is 21.7. The highest BCUT2D eigenvalue weighted by molar-refractivity contribution is 5.74. The van der Waals surface area contributed by atoms with E-state index >= 15 is 0 Å². The standard InChI is InChI=1S/C22H26N8O/c1-24-9-14-10-25-22(26-11-14)30-15-6-7-16(30)13-29(12-15)19-8-18(27-28-21(19)23)17-4-2-3-5-20(17)31/h2-5,8,10-11,15-16,24,31H,6-7,9,12-13H2,1H3,(H2,23,28). The molecular weight excluding hydrogens is 392 g/mol. The molecule has 2 aliphatic rings. The molecule has 2 unspecified atom stereocenters. The van der Waals surface area contributed by atoms with Crippen molar-refractivity contribution in [1.29, 1.82) is 0 Å². The highest BCUT2D eigenvalue weighted by Crippen LogP contribution is 2.37. The molecular formula is C22H26N8O. The highest BCUT2D eigenvalue weighted by atomic mass is 16.3. The number of nitrogens with one attached hydrogen (secondary N) is 1. The molecule has 2 atom stereocenters. The molecule has 9 nitrogen and oxygen atoms in total. The summed E-state index contributed by atoms with van der Waals surface area (Å²) in [6, 6.07) is 9.69. The van der Waals surface area contributed by atoms with E-state index in [0.717, 1.165) is 49.7 Å². The normalized spacial score (nSPS) is 20.3. The maximum absolute atomic E-state index is 10.2. The number of phenolic OH excluding ortho intramolecular Hbond substituents is 1. The summed E-state index contributed by atoms with van der Waals surface area (Å²) in [6.07, 6.45) is 5.98. The van der Waals surface area contributed by atoms with E-state index < -0.39 is 0 Å². The predicted molar refractivity (Wildman–Crippen MR) is 120 cm³/mol. The van der Waals surface area contributed by atoms with Crippen molar-refractivity contribution in [3.05, 3.63) is 48.3 Å². The Morgan fingerprint density at radius 3 is 2.48 bits per heavy atom. The first-order valence-electron chi connectivity index (χ1n) is 10.5. The van der Waals surface area contributed by atoms with E-state index in [1.807, 2.05) is 37.6 Å². The molecule has 9 heteroatoms. The number of piperazine rings is 1. The molecule has 2 aromatic heterocycles. The molecule has 2 aliphatic heterocycles. The third kappa shape index (κ3) is 3.61. The molecule has 0 amide bonds. The van der Waals surface area contributed by atoms with Gasteiger partial charge in [-0.25, -0.2) is 9.97 Å². The van der Waals surface area contributed by atoms with Crippen molar-refractivity contribution in [2.75, 3.05) is 35.7 Å². The number of hydrogen-bond acceptors (Lipinski definition) is 9. The zero-order valence-corrected chi connectivity index (χ0v) is 17.4. The van der Waals surface area contributed by atoms with Gasteiger partial charge in [-0.3, -0.25) is 0 Å². The van der Waals surface area contributed by atoms with Crippen LogP contribution in [0.5, 0.6) is 5.75 Å². The van der Waals surface area contributed by atoms with Gasteiger partial charge in [-0.05, 0) is 38.1 Å². The minimum Gasteiger partial charge on any atom is -0.507 e. The van der Waals surface area contributed by atoms with E-state index in [1.165, 1.54) is 0 Å². The van der Waals surface area contributed by atoms with Crippen LogP contribution in [0, 0.1) is 0 Å². The fraction of sp³-hybridized carbons (Fsp3) is 0.364. The van der Waals surface area contributed by atoms with Gasteiger partial charge in [0.15, 0.2) is 5.82 Å². The van der Waals surface area contributed by atoms with Crippen molar-refractivity contribution in [2.45, 2.75) is 31.5 Å². The van der Waals surface area contributed by atoms with Gasteiger partial charge < -0.3 is 26.0 Å². The molecule has 4 heterocycles. The average molecular weight is 419 g/mol. The van der Waals surface area contributed by atoms with E-state index in [-0.39, 0.29) is 5.75 Å². The van der Waals surface area contributed by atoms with Gasteiger partial charge in [0.1, 0.15) is 5.75 Å². The molecule has 0 radical (unpaired) electrons. The lowest BCUT2D eigenvalue weighted by atomic mass is 10.1. The Morgan fingerprint density at radius 1 is 1.10 bits per heavy atom. The van der Waals surface area contributed by atoms with Crippen molar-refractivity contribution >= 4 is 17.5 Å². The summed E-state index contributed by atoms with van der Waals surface area (Å²) in [7, 11) is 1.91. The lowest BCUT2D eigenvalue weighted by Crippen LogP contribution is -2.54. The topological polar surface area (TPSA) is 116 Å². The van der Waals surface area contributed by atoms with Crippen LogP contribution in [0.25, 0.3) is 11.3 Å². The number of hydrogen-bond donors (Lipinski definition) is 3. The van der Waals surface area contributed by atoms with E-state index in [2.05, 4.69) is 35.3 Å². The Labute approximate surface area is 181 Å². The number of nitrogen functional groups attached to an aromatic ring is 1. The summed E-state index contributed by atoms with van der Waals surface area (Å²) in [4.78, 5) is 13.9. The minimum atomic E-state index is 0.177. The van der Waals surface area contributed by atoms with Gasteiger partial charge in [-0.1, -0.05) is 12.1 Å². The summed E-state index contributed by atoms with van der Waals surface area (Å²) >= 11 is 0. The van der Waals surface area contributed by atoms with Crippen molar-refractivity contribution < 1.29 is 5.11 Å². The van der Waals surface area contributed by atoms with Crippen LogP contribution in [0.15, 0.2) is 42.7 Å². The van der Waals surface area contributed by atoms with E-state index in [9.17, 15) is 5.11 Å². The van der Waals surface area contributed by atoms with Crippen molar-refractivity contribution in [1.82, 2.24) is 25.5 Å². The fourth-order valence-electron chi connectivity index (χ4n) is 4.67. The van der Waals surface area contributed by atoms with Gasteiger partial charge in [0, 0.05) is 55.2 Å². The molecule has 0 spiro atoms. The Balaban J connectivity index is 1.40. The van der Waals surface area contributed by atoms with Gasteiger partial charge in [-0.2, -0.15) is 0 Å². The lowest BCUT2D eigenvalue weighted by molar-refractivity contribution is 0.477. The predicted octanol–water partition coefficient (Wildman–Crippen LogP) is 1.80. The van der Waals surface area contributed by atoms with Gasteiger partial charge in [0.25, 0.3) is 0 Å². The third-order valence-electron chi connectivity index (χ3n) is 6.11. The van der Waals surface area contributed by atoms with Crippen LogP contribution in [0.2, 0.25) is 0 Å². The number of fused-ring (bicyclic) bond motifs is 2. The number of para-hydroxylation sites is 1. The number of anilines is 3. The van der Waals surface area contributed by atoms with Crippen LogP contribution in [-0.2, 0) is 6.54 Å². The quantitative estimate of drug-likeness (QED) is 0.570. The van der Waals surface area contributed by atoms with Crippen LogP contribution in [0.4, 0.5) is 17.5 Å². The van der Waals surface area contributed by atoms with Crippen LogP contribution in [0.1, 0.15) is 18.4 Å². The molecule has 5 rings (SSSR count). The molecule has 3 aromatic rings. The van der Waals surface area contributed by atoms with Crippen LogP contribution >= 0.6 is 0 Å². The lowest BCUT2D eigenvalue weighted by Gasteiger charge is -2.42. The fourth-order valence-corrected chi connectivity index (χ4v) is 4.67. The largest absolute Gasteiger partial charge is 0.507 e. The number of benzene rings is 1. The molecule has 0 saturated carbocycles. The molecule has 160 valence electrons. The molecule has 2 bridgehead atoms. The molecule has 0 aliphatic carbocycles. The van der Waals surface area contributed by atoms with Crippen LogP contribution in [0.3, 0.4) is 0 Å². The maximum atomic E-state index is 10.2. The van der Waals surface area contributed by atoms with Crippen molar-refractivity contribution in [3.63, 3.8) is 0 Å². The Kier molecular flexibility index (Phi) is 5.03. The molecule has 4 N–H and O–H groups in total. The van der Waals surface area contributed by atoms with Crippen LogP contribution in [-0.4, -0.2) is 57.5 Å². The summed E-state index contributed by atoms with van der Waals surface area (Å²) in [5.74, 6) is 1.37. The Hall–Kier alpha value is -3.46. The second-order valence-corrected chi connectivity index (χ2v) is 8.14. The molecule has 2 fully saturated rings. The maximum Gasteiger partial charge on any atom is 0.225 e. The number of phenols is 1. The monoisotopic (exact) mass is 418 g/mol. The number of aromatic nitrogens is 4. The molecule has 2 saturated heterocycles. The zero-order chi connectivity index (χ0) is 21.4. The Bertz CT molecular complexity index is 1060. The first-order chi connectivity index (χ1) is 15.1. The SMILES string of the molecule is CNCc1cnc(N2C3CCC2CN(c2cc(-c4ccccc4O)nnc2N)C3)nc1. The first kappa shape index (κ1) is 19.5. The zero-order valence-electron chi connectivity index (χ0n) is 17.4. The number of nitrogens with two attached hydrogens (primary N) is 1. The second kappa shape index (κ2) is 7.99. The van der Waals surface area contributed by atoms with Gasteiger partial charge in [0.05, 0.1) is 11.4 Å². The molecule has 1 aromatic carbocycles. The number of aromatic hydroxyl groups is 1. The van der Waals surface area contributed by atoms with Gasteiger partial charge in [-0.15, -0.1) is 10.2 Å². The first-order valence-corrected chi connectivity index (χ1v) is 10.5. The van der Waals surface area contributed by atoms with E-state index in [1.54, 1.807) is 12.1 Å². The summed E-state index contributed by atoms with van der Waals surface area (Å²) in [5.41, 5.74) is 9.40. The molecule has 31 heavy (non-hydrogen) atoms. The highest BCUT2D eigenvalue weighted by Gasteiger charge is 2.42. The second-order valence-electron chi connectivity index (χ2n) is 8.14. The summed E-state index contributed by atoms with van der Waals surface area (Å²) in [6.45, 7) is 2.39. The van der Waals surface area contributed by atoms with E-state index in [4.69, 9.17) is 5.73 Å².